The molecule has 0 bridgehead atoms. The van der Waals surface area contributed by atoms with Gasteiger partial charge in [0, 0.05) is 17.5 Å². The van der Waals surface area contributed by atoms with E-state index in [1.165, 1.54) is 12.1 Å². The third kappa shape index (κ3) is 4.37. The maximum absolute atomic E-state index is 12.0. The molecule has 2 rings (SSSR count). The highest BCUT2D eigenvalue weighted by Gasteiger charge is 2.15. The predicted molar refractivity (Wildman–Crippen MR) is 82.4 cm³/mol. The number of likely N-dealkylation sites (N-methyl/N-ethyl adjacent to an activating group) is 1. The molecular formula is C14H15N3O3S. The van der Waals surface area contributed by atoms with Crippen LogP contribution in [-0.2, 0) is 11.3 Å². The predicted octanol–water partition coefficient (Wildman–Crippen LogP) is 2.73. The van der Waals surface area contributed by atoms with Crippen molar-refractivity contribution in [3.8, 4) is 0 Å². The fourth-order valence-corrected chi connectivity index (χ4v) is 2.68. The number of para-hydroxylation sites is 2. The van der Waals surface area contributed by atoms with Gasteiger partial charge in [0.25, 0.3) is 5.69 Å². The molecule has 0 fully saturated rings. The average Bonchev–Trinajstić information content (AvgIpc) is 2.91. The first kappa shape index (κ1) is 15.1. The zero-order valence-electron chi connectivity index (χ0n) is 11.5. The summed E-state index contributed by atoms with van der Waals surface area (Å²) in [5.74, 6) is -0.275. The highest BCUT2D eigenvalue weighted by molar-refractivity contribution is 7.09. The van der Waals surface area contributed by atoms with Gasteiger partial charge in [-0.15, -0.1) is 11.3 Å². The minimum Gasteiger partial charge on any atom is -0.319 e. The number of nitro groups is 1. The second-order valence-electron chi connectivity index (χ2n) is 4.57. The van der Waals surface area contributed by atoms with Gasteiger partial charge in [0.2, 0.25) is 5.91 Å². The van der Waals surface area contributed by atoms with Crippen molar-refractivity contribution in [2.75, 3.05) is 18.9 Å². The molecule has 21 heavy (non-hydrogen) atoms. The normalized spacial score (nSPS) is 10.6. The Morgan fingerprint density at radius 3 is 2.76 bits per heavy atom. The van der Waals surface area contributed by atoms with Crippen LogP contribution in [0, 0.1) is 10.1 Å². The van der Waals surface area contributed by atoms with Crippen molar-refractivity contribution in [2.45, 2.75) is 6.54 Å². The van der Waals surface area contributed by atoms with Gasteiger partial charge in [0.05, 0.1) is 11.5 Å². The lowest BCUT2D eigenvalue weighted by atomic mass is 10.2. The lowest BCUT2D eigenvalue weighted by Crippen LogP contribution is -2.29. The zero-order valence-corrected chi connectivity index (χ0v) is 12.3. The second kappa shape index (κ2) is 6.96. The minimum absolute atomic E-state index is 0.105. The molecule has 0 atom stereocenters. The van der Waals surface area contributed by atoms with Crippen molar-refractivity contribution in [2.24, 2.45) is 0 Å². The number of hydrogen-bond acceptors (Lipinski definition) is 5. The molecule has 1 N–H and O–H groups in total. The molecule has 1 aromatic carbocycles. The Labute approximate surface area is 126 Å². The third-order valence-corrected chi connectivity index (χ3v) is 3.66. The molecule has 0 aliphatic carbocycles. The van der Waals surface area contributed by atoms with Gasteiger partial charge in [-0.3, -0.25) is 19.8 Å². The summed E-state index contributed by atoms with van der Waals surface area (Å²) in [6.45, 7) is 0.839. The monoisotopic (exact) mass is 305 g/mol. The van der Waals surface area contributed by atoms with Crippen molar-refractivity contribution >= 4 is 28.6 Å². The summed E-state index contributed by atoms with van der Waals surface area (Å²) in [6.07, 6.45) is 0. The Balaban J connectivity index is 1.94. The van der Waals surface area contributed by atoms with Crippen molar-refractivity contribution < 1.29 is 9.72 Å². The average molecular weight is 305 g/mol. The van der Waals surface area contributed by atoms with Crippen LogP contribution in [0.3, 0.4) is 0 Å². The first-order chi connectivity index (χ1) is 10.1. The smallest absolute Gasteiger partial charge is 0.292 e. The molecule has 1 amide bonds. The number of amides is 1. The number of hydrogen-bond donors (Lipinski definition) is 1. The Morgan fingerprint density at radius 1 is 1.33 bits per heavy atom. The number of anilines is 1. The molecule has 1 heterocycles. The van der Waals surface area contributed by atoms with Crippen molar-refractivity contribution in [3.05, 3.63) is 56.8 Å². The highest BCUT2D eigenvalue weighted by Crippen LogP contribution is 2.23. The van der Waals surface area contributed by atoms with E-state index in [1.54, 1.807) is 23.5 Å². The Bertz CT molecular complexity index is 628. The van der Waals surface area contributed by atoms with Crippen LogP contribution in [0.25, 0.3) is 0 Å². The van der Waals surface area contributed by atoms with Gasteiger partial charge in [-0.1, -0.05) is 18.2 Å². The lowest BCUT2D eigenvalue weighted by molar-refractivity contribution is -0.383. The van der Waals surface area contributed by atoms with Gasteiger partial charge in [-0.05, 0) is 24.6 Å². The molecule has 0 saturated carbocycles. The zero-order chi connectivity index (χ0) is 15.2. The largest absolute Gasteiger partial charge is 0.319 e. The van der Waals surface area contributed by atoms with Crippen LogP contribution < -0.4 is 5.32 Å². The van der Waals surface area contributed by atoms with Gasteiger partial charge in [0.1, 0.15) is 5.69 Å². The van der Waals surface area contributed by atoms with Crippen LogP contribution in [0.5, 0.6) is 0 Å². The molecule has 1 aromatic heterocycles. The first-order valence-electron chi connectivity index (χ1n) is 6.30. The summed E-state index contributed by atoms with van der Waals surface area (Å²) in [5, 5.41) is 15.4. The molecule has 0 spiro atoms. The SMILES string of the molecule is CN(CC(=O)Nc1ccccc1[N+](=O)[O-])Cc1cccs1. The van der Waals surface area contributed by atoms with Crippen LogP contribution in [-0.4, -0.2) is 29.3 Å². The summed E-state index contributed by atoms with van der Waals surface area (Å²) in [4.78, 5) is 25.3. The molecule has 7 heteroatoms. The van der Waals surface area contributed by atoms with Crippen molar-refractivity contribution in [3.63, 3.8) is 0 Å². The van der Waals surface area contributed by atoms with E-state index < -0.39 is 4.92 Å². The standard InChI is InChI=1S/C14H15N3O3S/c1-16(9-11-5-4-8-21-11)10-14(18)15-12-6-2-3-7-13(12)17(19)20/h2-8H,9-10H2,1H3,(H,15,18). The van der Waals surface area contributed by atoms with E-state index in [0.29, 0.717) is 6.54 Å². The maximum Gasteiger partial charge on any atom is 0.292 e. The fraction of sp³-hybridized carbons (Fsp3) is 0.214. The van der Waals surface area contributed by atoms with Gasteiger partial charge in [-0.2, -0.15) is 0 Å². The van der Waals surface area contributed by atoms with Crippen LogP contribution in [0.15, 0.2) is 41.8 Å². The summed E-state index contributed by atoms with van der Waals surface area (Å²) >= 11 is 1.63. The van der Waals surface area contributed by atoms with Gasteiger partial charge >= 0.3 is 0 Å². The molecule has 2 aromatic rings. The van der Waals surface area contributed by atoms with E-state index in [1.807, 2.05) is 29.5 Å². The fourth-order valence-electron chi connectivity index (χ4n) is 1.90. The molecular weight excluding hydrogens is 290 g/mol. The molecule has 0 saturated heterocycles. The number of nitrogens with one attached hydrogen (secondary N) is 1. The van der Waals surface area contributed by atoms with Gasteiger partial charge < -0.3 is 5.32 Å². The number of nitro benzene ring substituents is 1. The van der Waals surface area contributed by atoms with E-state index in [2.05, 4.69) is 5.32 Å². The number of thiophene rings is 1. The lowest BCUT2D eigenvalue weighted by Gasteiger charge is -2.15. The van der Waals surface area contributed by atoms with Crippen LogP contribution in [0.4, 0.5) is 11.4 Å². The summed E-state index contributed by atoms with van der Waals surface area (Å²) in [6, 6.07) is 10.1. The minimum atomic E-state index is -0.509. The Morgan fingerprint density at radius 2 is 2.10 bits per heavy atom. The molecule has 110 valence electrons. The third-order valence-electron chi connectivity index (χ3n) is 2.79. The maximum atomic E-state index is 12.0. The van der Waals surface area contributed by atoms with Crippen molar-refractivity contribution in [1.82, 2.24) is 4.90 Å². The molecule has 0 aliphatic heterocycles. The Kier molecular flexibility index (Phi) is 5.02. The van der Waals surface area contributed by atoms with Crippen molar-refractivity contribution in [1.29, 1.82) is 0 Å². The van der Waals surface area contributed by atoms with E-state index >= 15 is 0 Å². The quantitative estimate of drug-likeness (QED) is 0.657. The van der Waals surface area contributed by atoms with Gasteiger partial charge in [-0.25, -0.2) is 0 Å². The number of carbonyl (C=O) groups excluding carboxylic acids is 1. The number of nitrogens with zero attached hydrogens (tertiary/aromatic N) is 2. The molecule has 0 unspecified atom stereocenters. The molecule has 0 radical (unpaired) electrons. The number of carbonyl (C=O) groups is 1. The van der Waals surface area contributed by atoms with E-state index in [4.69, 9.17) is 0 Å². The van der Waals surface area contributed by atoms with Crippen LogP contribution in [0.2, 0.25) is 0 Å². The second-order valence-corrected chi connectivity index (χ2v) is 5.61. The highest BCUT2D eigenvalue weighted by atomic mass is 32.1. The Hall–Kier alpha value is -2.25. The topological polar surface area (TPSA) is 75.5 Å². The molecule has 0 aliphatic rings. The first-order valence-corrected chi connectivity index (χ1v) is 7.18. The number of benzene rings is 1. The van der Waals surface area contributed by atoms with Crippen LogP contribution >= 0.6 is 11.3 Å². The van der Waals surface area contributed by atoms with E-state index in [-0.39, 0.29) is 23.8 Å². The number of rotatable bonds is 6. The summed E-state index contributed by atoms with van der Waals surface area (Å²) in [5.41, 5.74) is 0.115. The molecule has 6 nitrogen and oxygen atoms in total. The van der Waals surface area contributed by atoms with Gasteiger partial charge in [0.15, 0.2) is 0 Å². The summed E-state index contributed by atoms with van der Waals surface area (Å²) < 4.78 is 0. The van der Waals surface area contributed by atoms with E-state index in [0.717, 1.165) is 4.88 Å². The summed E-state index contributed by atoms with van der Waals surface area (Å²) in [7, 11) is 1.83. The van der Waals surface area contributed by atoms with E-state index in [9.17, 15) is 14.9 Å². The van der Waals surface area contributed by atoms with Crippen LogP contribution in [0.1, 0.15) is 4.88 Å².